The molecule has 1 fully saturated rings. The van der Waals surface area contributed by atoms with Crippen molar-refractivity contribution in [3.63, 3.8) is 0 Å². The summed E-state index contributed by atoms with van der Waals surface area (Å²) in [5.41, 5.74) is 7.89. The molecule has 0 bridgehead atoms. The SMILES string of the molecule is C/C=C(/CCN(CC)CC)N1CCN(c2ccc(Nc3nccc(-c4ccc(N/C(C)=C\CC)cc4)n3)cc2)CC1. The van der Waals surface area contributed by atoms with Crippen molar-refractivity contribution in [3.8, 4) is 11.3 Å². The molecule has 3 aromatic rings. The predicted molar refractivity (Wildman–Crippen MR) is 175 cm³/mol. The summed E-state index contributed by atoms with van der Waals surface area (Å²) in [6.07, 6.45) is 8.43. The van der Waals surface area contributed by atoms with E-state index in [0.717, 1.165) is 87.0 Å². The molecule has 218 valence electrons. The van der Waals surface area contributed by atoms with E-state index in [1.807, 2.05) is 6.07 Å². The number of piperazine rings is 1. The molecule has 1 aliphatic heterocycles. The Morgan fingerprint density at radius 3 is 2.22 bits per heavy atom. The van der Waals surface area contributed by atoms with Crippen LogP contribution in [0, 0.1) is 0 Å². The topological polar surface area (TPSA) is 59.6 Å². The van der Waals surface area contributed by atoms with Crippen molar-refractivity contribution in [1.82, 2.24) is 19.8 Å². The Labute approximate surface area is 247 Å². The van der Waals surface area contributed by atoms with E-state index >= 15 is 0 Å². The molecule has 2 heterocycles. The Morgan fingerprint density at radius 1 is 0.902 bits per heavy atom. The van der Waals surface area contributed by atoms with E-state index < -0.39 is 0 Å². The number of benzene rings is 2. The maximum atomic E-state index is 4.76. The number of rotatable bonds is 13. The molecule has 7 nitrogen and oxygen atoms in total. The standard InChI is InChI=1S/C34H47N7/c1-6-10-27(5)36-29-13-11-28(12-14-29)33-19-21-35-34(38-33)37-30-15-17-32(18-16-30)41-25-23-40(24-26-41)31(7-2)20-22-39(8-3)9-4/h7,10-19,21,36H,6,8-9,20,22-26H2,1-5H3,(H,35,37,38)/b27-10-,31-7-. The highest BCUT2D eigenvalue weighted by molar-refractivity contribution is 5.65. The summed E-state index contributed by atoms with van der Waals surface area (Å²) >= 11 is 0. The van der Waals surface area contributed by atoms with Crippen molar-refractivity contribution in [2.45, 2.75) is 47.5 Å². The first kappa shape index (κ1) is 30.1. The number of anilines is 4. The van der Waals surface area contributed by atoms with Gasteiger partial charge in [-0.05, 0) is 82.2 Å². The molecule has 0 aliphatic carbocycles. The zero-order chi connectivity index (χ0) is 29.0. The van der Waals surface area contributed by atoms with Gasteiger partial charge in [-0.25, -0.2) is 9.97 Å². The Balaban J connectivity index is 1.31. The Kier molecular flexibility index (Phi) is 11.2. The van der Waals surface area contributed by atoms with E-state index in [1.165, 1.54) is 11.4 Å². The van der Waals surface area contributed by atoms with Crippen LogP contribution in [0.3, 0.4) is 0 Å². The Hall–Kier alpha value is -3.84. The smallest absolute Gasteiger partial charge is 0.227 e. The van der Waals surface area contributed by atoms with Crippen LogP contribution in [-0.2, 0) is 0 Å². The lowest BCUT2D eigenvalue weighted by atomic mass is 10.1. The zero-order valence-corrected chi connectivity index (χ0v) is 25.5. The fourth-order valence-corrected chi connectivity index (χ4v) is 5.32. The average Bonchev–Trinajstić information content (AvgIpc) is 3.01. The highest BCUT2D eigenvalue weighted by atomic mass is 15.3. The molecule has 0 atom stereocenters. The molecule has 41 heavy (non-hydrogen) atoms. The third-order valence-electron chi connectivity index (χ3n) is 7.77. The fraction of sp³-hybridized carbons (Fsp3) is 0.412. The van der Waals surface area contributed by atoms with Crippen molar-refractivity contribution < 1.29 is 0 Å². The van der Waals surface area contributed by atoms with Crippen LogP contribution >= 0.6 is 0 Å². The minimum Gasteiger partial charge on any atom is -0.371 e. The summed E-state index contributed by atoms with van der Waals surface area (Å²) in [4.78, 5) is 16.8. The third-order valence-corrected chi connectivity index (χ3v) is 7.77. The summed E-state index contributed by atoms with van der Waals surface area (Å²) in [6, 6.07) is 18.9. The summed E-state index contributed by atoms with van der Waals surface area (Å²) in [7, 11) is 0. The van der Waals surface area contributed by atoms with Crippen molar-refractivity contribution in [3.05, 3.63) is 84.3 Å². The molecule has 4 rings (SSSR count). The van der Waals surface area contributed by atoms with Crippen LogP contribution in [0.1, 0.15) is 47.5 Å². The normalized spacial score (nSPS) is 14.5. The van der Waals surface area contributed by atoms with Crippen LogP contribution in [0.2, 0.25) is 0 Å². The summed E-state index contributed by atoms with van der Waals surface area (Å²) in [5.74, 6) is 0.594. The van der Waals surface area contributed by atoms with Crippen molar-refractivity contribution in [2.75, 3.05) is 61.3 Å². The molecule has 2 aromatic carbocycles. The van der Waals surface area contributed by atoms with Gasteiger partial charge in [-0.3, -0.25) is 0 Å². The fourth-order valence-electron chi connectivity index (χ4n) is 5.32. The molecule has 1 aromatic heterocycles. The lowest BCUT2D eigenvalue weighted by molar-refractivity contribution is 0.270. The summed E-state index contributed by atoms with van der Waals surface area (Å²) in [6.45, 7) is 18.4. The largest absolute Gasteiger partial charge is 0.371 e. The summed E-state index contributed by atoms with van der Waals surface area (Å²) < 4.78 is 0. The second kappa shape index (κ2) is 15.2. The molecule has 1 saturated heterocycles. The van der Waals surface area contributed by atoms with Gasteiger partial charge in [-0.1, -0.05) is 45.1 Å². The van der Waals surface area contributed by atoms with E-state index in [9.17, 15) is 0 Å². The number of nitrogens with one attached hydrogen (secondary N) is 2. The number of allylic oxidation sites excluding steroid dienone is 3. The molecule has 0 saturated carbocycles. The molecule has 0 amide bonds. The van der Waals surface area contributed by atoms with E-state index in [0.29, 0.717) is 5.95 Å². The molecule has 1 aliphatic rings. The minimum absolute atomic E-state index is 0.594. The first-order valence-corrected chi connectivity index (χ1v) is 15.1. The van der Waals surface area contributed by atoms with Crippen LogP contribution in [0.5, 0.6) is 0 Å². The molecule has 2 N–H and O–H groups in total. The van der Waals surface area contributed by atoms with Gasteiger partial charge in [0.15, 0.2) is 0 Å². The van der Waals surface area contributed by atoms with Gasteiger partial charge in [0.25, 0.3) is 0 Å². The van der Waals surface area contributed by atoms with Gasteiger partial charge in [-0.2, -0.15) is 0 Å². The highest BCUT2D eigenvalue weighted by Gasteiger charge is 2.19. The number of hydrogen-bond donors (Lipinski definition) is 2. The first-order chi connectivity index (χ1) is 20.0. The molecule has 7 heteroatoms. The maximum Gasteiger partial charge on any atom is 0.227 e. The van der Waals surface area contributed by atoms with Crippen LogP contribution < -0.4 is 15.5 Å². The van der Waals surface area contributed by atoms with Crippen LogP contribution in [0.4, 0.5) is 23.0 Å². The van der Waals surface area contributed by atoms with Crippen molar-refractivity contribution >= 4 is 23.0 Å². The van der Waals surface area contributed by atoms with Gasteiger partial charge in [0, 0.05) is 72.9 Å². The van der Waals surface area contributed by atoms with Crippen molar-refractivity contribution in [1.29, 1.82) is 0 Å². The molecular weight excluding hydrogens is 506 g/mol. The highest BCUT2D eigenvalue weighted by Crippen LogP contribution is 2.25. The van der Waals surface area contributed by atoms with Gasteiger partial charge in [0.2, 0.25) is 5.95 Å². The zero-order valence-electron chi connectivity index (χ0n) is 25.5. The number of nitrogens with zero attached hydrogens (tertiary/aromatic N) is 5. The number of aromatic nitrogens is 2. The van der Waals surface area contributed by atoms with E-state index in [1.54, 1.807) is 6.20 Å². The first-order valence-electron chi connectivity index (χ1n) is 15.1. The average molecular weight is 554 g/mol. The molecule has 0 unspecified atom stereocenters. The van der Waals surface area contributed by atoms with Gasteiger partial charge >= 0.3 is 0 Å². The predicted octanol–water partition coefficient (Wildman–Crippen LogP) is 7.37. The lowest BCUT2D eigenvalue weighted by Crippen LogP contribution is -2.46. The van der Waals surface area contributed by atoms with E-state index in [4.69, 9.17) is 4.98 Å². The van der Waals surface area contributed by atoms with Crippen LogP contribution in [0.15, 0.2) is 84.3 Å². The van der Waals surface area contributed by atoms with Crippen LogP contribution in [-0.4, -0.2) is 65.6 Å². The number of hydrogen-bond acceptors (Lipinski definition) is 7. The third kappa shape index (κ3) is 8.57. The van der Waals surface area contributed by atoms with E-state index in [2.05, 4.69) is 126 Å². The Morgan fingerprint density at radius 2 is 1.59 bits per heavy atom. The second-order valence-corrected chi connectivity index (χ2v) is 10.5. The second-order valence-electron chi connectivity index (χ2n) is 10.5. The molecular formula is C34H47N7. The quantitative estimate of drug-likeness (QED) is 0.229. The lowest BCUT2D eigenvalue weighted by Gasteiger charge is -2.39. The van der Waals surface area contributed by atoms with Gasteiger partial charge < -0.3 is 25.3 Å². The van der Waals surface area contributed by atoms with Gasteiger partial charge in [-0.15, -0.1) is 0 Å². The monoisotopic (exact) mass is 553 g/mol. The van der Waals surface area contributed by atoms with Gasteiger partial charge in [0.1, 0.15) is 0 Å². The van der Waals surface area contributed by atoms with Crippen molar-refractivity contribution in [2.24, 2.45) is 0 Å². The van der Waals surface area contributed by atoms with Crippen LogP contribution in [0.25, 0.3) is 11.3 Å². The molecule has 0 spiro atoms. The maximum absolute atomic E-state index is 4.76. The Bertz CT molecular complexity index is 1270. The van der Waals surface area contributed by atoms with E-state index in [-0.39, 0.29) is 0 Å². The molecule has 0 radical (unpaired) electrons. The minimum atomic E-state index is 0.594. The van der Waals surface area contributed by atoms with Gasteiger partial charge in [0.05, 0.1) is 5.69 Å². The summed E-state index contributed by atoms with van der Waals surface area (Å²) in [5, 5.41) is 6.80.